The van der Waals surface area contributed by atoms with E-state index in [4.69, 9.17) is 0 Å². The second-order valence-corrected chi connectivity index (χ2v) is 9.42. The van der Waals surface area contributed by atoms with Crippen molar-refractivity contribution < 1.29 is 22.8 Å². The lowest BCUT2D eigenvalue weighted by atomic mass is 9.86. The highest BCUT2D eigenvalue weighted by Gasteiger charge is 2.36. The van der Waals surface area contributed by atoms with E-state index in [9.17, 15) is 22.8 Å². The zero-order valence-electron chi connectivity index (χ0n) is 19.9. The fourth-order valence-electron chi connectivity index (χ4n) is 4.48. The summed E-state index contributed by atoms with van der Waals surface area (Å²) in [7, 11) is 1.85. The van der Waals surface area contributed by atoms with Crippen LogP contribution in [0.3, 0.4) is 0 Å². The van der Waals surface area contributed by atoms with Crippen LogP contribution >= 0.6 is 0 Å². The van der Waals surface area contributed by atoms with Gasteiger partial charge in [-0.1, -0.05) is 19.9 Å². The molecule has 1 saturated carbocycles. The second kappa shape index (κ2) is 9.31. The van der Waals surface area contributed by atoms with Gasteiger partial charge >= 0.3 is 6.18 Å². The van der Waals surface area contributed by atoms with Gasteiger partial charge in [-0.15, -0.1) is 0 Å². The summed E-state index contributed by atoms with van der Waals surface area (Å²) in [4.78, 5) is 39.1. The minimum absolute atomic E-state index is 0.0397. The van der Waals surface area contributed by atoms with Crippen LogP contribution in [0.15, 0.2) is 18.3 Å². The van der Waals surface area contributed by atoms with Crippen LogP contribution in [0.2, 0.25) is 0 Å². The van der Waals surface area contributed by atoms with E-state index in [0.717, 1.165) is 12.3 Å². The highest BCUT2D eigenvalue weighted by atomic mass is 19.4. The first-order chi connectivity index (χ1) is 16.4. The molecule has 1 aliphatic heterocycles. The molecule has 2 aromatic rings. The number of halogens is 3. The van der Waals surface area contributed by atoms with E-state index in [1.54, 1.807) is 0 Å². The smallest absolute Gasteiger partial charge is 0.353 e. The van der Waals surface area contributed by atoms with Gasteiger partial charge in [0.05, 0.1) is 12.1 Å². The number of carbonyl (C=O) groups is 2. The summed E-state index contributed by atoms with van der Waals surface area (Å²) >= 11 is 0. The number of aromatic nitrogens is 3. The molecule has 2 amide bonds. The molecule has 0 spiro atoms. The third kappa shape index (κ3) is 5.30. The molecule has 0 aromatic carbocycles. The van der Waals surface area contributed by atoms with Gasteiger partial charge in [0.25, 0.3) is 0 Å². The Bertz CT molecular complexity index is 1120. The number of anilines is 3. The lowest BCUT2D eigenvalue weighted by molar-refractivity contribution is -0.141. The summed E-state index contributed by atoms with van der Waals surface area (Å²) in [6.07, 6.45) is -2.14. The summed E-state index contributed by atoms with van der Waals surface area (Å²) in [6.45, 7) is 5.78. The van der Waals surface area contributed by atoms with E-state index in [1.165, 1.54) is 6.07 Å². The van der Waals surface area contributed by atoms with E-state index in [-0.39, 0.29) is 42.3 Å². The van der Waals surface area contributed by atoms with Crippen molar-refractivity contribution in [1.29, 1.82) is 0 Å². The van der Waals surface area contributed by atoms with Gasteiger partial charge in [0, 0.05) is 25.3 Å². The van der Waals surface area contributed by atoms with Crippen LogP contribution in [-0.4, -0.2) is 51.9 Å². The average Bonchev–Trinajstić information content (AvgIpc) is 2.72. The van der Waals surface area contributed by atoms with Crippen molar-refractivity contribution in [2.45, 2.75) is 64.3 Å². The maximum absolute atomic E-state index is 12.6. The minimum Gasteiger partial charge on any atom is -0.353 e. The summed E-state index contributed by atoms with van der Waals surface area (Å²) in [6, 6.07) is 1.83. The molecule has 9 nitrogen and oxygen atoms in total. The number of aryl methyl sites for hydroxylation is 1. The lowest BCUT2D eigenvalue weighted by Gasteiger charge is -2.38. The number of hydrogen-bond donors (Lipinski definition) is 3. The number of alkyl halides is 3. The van der Waals surface area contributed by atoms with Gasteiger partial charge in [-0.3, -0.25) is 14.6 Å². The average molecular weight is 492 g/mol. The van der Waals surface area contributed by atoms with Crippen LogP contribution in [0.4, 0.5) is 30.6 Å². The molecule has 188 valence electrons. The fraction of sp³-hybridized carbons (Fsp3) is 0.522. The van der Waals surface area contributed by atoms with Crippen molar-refractivity contribution in [3.63, 3.8) is 0 Å². The number of hydrogen-bond acceptors (Lipinski definition) is 7. The molecule has 3 heterocycles. The summed E-state index contributed by atoms with van der Waals surface area (Å²) < 4.78 is 37.8. The summed E-state index contributed by atoms with van der Waals surface area (Å²) in [5, 5.41) is 9.10. The van der Waals surface area contributed by atoms with Gasteiger partial charge in [-0.2, -0.15) is 18.2 Å². The Morgan fingerprint density at radius 1 is 1.23 bits per heavy atom. The number of rotatable bonds is 6. The number of likely N-dealkylation sites (N-methyl/N-ethyl adjacent to an activating group) is 1. The van der Waals surface area contributed by atoms with Crippen molar-refractivity contribution in [3.8, 4) is 0 Å². The molecule has 1 aliphatic carbocycles. The Balaban J connectivity index is 1.30. The Hall–Kier alpha value is -3.44. The Labute approximate surface area is 200 Å². The largest absolute Gasteiger partial charge is 0.433 e. The molecule has 1 fully saturated rings. The fourth-order valence-corrected chi connectivity index (χ4v) is 4.48. The molecule has 35 heavy (non-hydrogen) atoms. The predicted molar refractivity (Wildman–Crippen MR) is 124 cm³/mol. The molecular weight excluding hydrogens is 463 g/mol. The topological polar surface area (TPSA) is 112 Å². The Morgan fingerprint density at radius 2 is 1.94 bits per heavy atom. The standard InChI is InChI=1S/C23H28F3N7O2/c1-11(2)19-21(35)31-18-12(3)28-22(32-20(18)33(19)4)30-15-8-14(9-15)29-17(34)7-13-5-6-16(27-10-13)23(24,25)26/h5-6,10-11,14-15,19H,7-9H2,1-4H3,(H,29,34)(H,31,35)(H,28,30,32)/t14-,15-,19-/m0/s1. The van der Waals surface area contributed by atoms with Gasteiger partial charge in [0.2, 0.25) is 17.8 Å². The molecule has 2 aromatic heterocycles. The number of fused-ring (bicyclic) bond motifs is 1. The Morgan fingerprint density at radius 3 is 2.54 bits per heavy atom. The molecule has 0 radical (unpaired) electrons. The van der Waals surface area contributed by atoms with Crippen LogP contribution in [0.1, 0.15) is 43.6 Å². The highest BCUT2D eigenvalue weighted by molar-refractivity contribution is 6.03. The first-order valence-corrected chi connectivity index (χ1v) is 11.4. The highest BCUT2D eigenvalue weighted by Crippen LogP contribution is 2.35. The van der Waals surface area contributed by atoms with Crippen molar-refractivity contribution in [3.05, 3.63) is 35.3 Å². The van der Waals surface area contributed by atoms with Gasteiger partial charge in [0.15, 0.2) is 5.82 Å². The van der Waals surface area contributed by atoms with Crippen LogP contribution in [0.25, 0.3) is 0 Å². The summed E-state index contributed by atoms with van der Waals surface area (Å²) in [5.74, 6) is 0.874. The Kier molecular flexibility index (Phi) is 6.56. The maximum Gasteiger partial charge on any atom is 0.433 e. The monoisotopic (exact) mass is 491 g/mol. The van der Waals surface area contributed by atoms with Crippen molar-refractivity contribution in [2.24, 2.45) is 5.92 Å². The van der Waals surface area contributed by atoms with E-state index in [2.05, 4.69) is 30.9 Å². The second-order valence-electron chi connectivity index (χ2n) is 9.42. The van der Waals surface area contributed by atoms with Gasteiger partial charge in [-0.05, 0) is 37.3 Å². The number of amides is 2. The third-order valence-electron chi connectivity index (χ3n) is 6.29. The van der Waals surface area contributed by atoms with E-state index in [0.29, 0.717) is 41.6 Å². The molecule has 0 unspecified atom stereocenters. The van der Waals surface area contributed by atoms with Gasteiger partial charge in [0.1, 0.15) is 17.4 Å². The van der Waals surface area contributed by atoms with E-state index >= 15 is 0 Å². The SMILES string of the molecule is Cc1nc(N[C@H]2C[C@H](NC(=O)Cc3ccc(C(F)(F)F)nc3)C2)nc2c1NC(=O)[C@H](C(C)C)N2C. The van der Waals surface area contributed by atoms with Crippen LogP contribution in [0.5, 0.6) is 0 Å². The molecule has 4 rings (SSSR count). The predicted octanol–water partition coefficient (Wildman–Crippen LogP) is 2.91. The minimum atomic E-state index is -4.51. The number of pyridine rings is 1. The van der Waals surface area contributed by atoms with Crippen molar-refractivity contribution in [1.82, 2.24) is 20.3 Å². The van der Waals surface area contributed by atoms with E-state index < -0.39 is 11.9 Å². The molecule has 2 aliphatic rings. The first kappa shape index (κ1) is 24.7. The quantitative estimate of drug-likeness (QED) is 0.570. The third-order valence-corrected chi connectivity index (χ3v) is 6.29. The zero-order chi connectivity index (χ0) is 25.5. The van der Waals surface area contributed by atoms with Gasteiger partial charge in [-0.25, -0.2) is 4.98 Å². The molecule has 3 N–H and O–H groups in total. The first-order valence-electron chi connectivity index (χ1n) is 11.4. The number of nitrogens with one attached hydrogen (secondary N) is 3. The van der Waals surface area contributed by atoms with Gasteiger partial charge < -0.3 is 20.9 Å². The van der Waals surface area contributed by atoms with Crippen molar-refractivity contribution in [2.75, 3.05) is 22.6 Å². The number of carbonyl (C=O) groups excluding carboxylic acids is 2. The lowest BCUT2D eigenvalue weighted by Crippen LogP contribution is -2.51. The van der Waals surface area contributed by atoms with Crippen LogP contribution in [-0.2, 0) is 22.2 Å². The molecule has 1 atom stereocenters. The van der Waals surface area contributed by atoms with Crippen LogP contribution < -0.4 is 20.9 Å². The molecule has 12 heteroatoms. The van der Waals surface area contributed by atoms with E-state index in [1.807, 2.05) is 32.7 Å². The van der Waals surface area contributed by atoms with Crippen molar-refractivity contribution >= 4 is 29.3 Å². The zero-order valence-corrected chi connectivity index (χ0v) is 19.9. The van der Waals surface area contributed by atoms with Crippen LogP contribution in [0, 0.1) is 12.8 Å². The normalized spacial score (nSPS) is 21.8. The maximum atomic E-state index is 12.6. The summed E-state index contributed by atoms with van der Waals surface area (Å²) in [5.41, 5.74) is 0.700. The molecule has 0 saturated heterocycles. The molecule has 0 bridgehead atoms. The molecular formula is C23H28F3N7O2. The number of nitrogens with zero attached hydrogens (tertiary/aromatic N) is 4.